The topological polar surface area (TPSA) is 28.5 Å². The summed E-state index contributed by atoms with van der Waals surface area (Å²) in [6.07, 6.45) is 1.67. The number of pyridine rings is 1. The summed E-state index contributed by atoms with van der Waals surface area (Å²) in [6.45, 7) is 10.1. The quantitative estimate of drug-likeness (QED) is 0.734. The van der Waals surface area contributed by atoms with Crippen molar-refractivity contribution < 1.29 is 0 Å². The molecule has 4 heteroatoms. The molecule has 0 aliphatic carbocycles. The van der Waals surface area contributed by atoms with Crippen LogP contribution in [0.5, 0.6) is 0 Å². The molecular weight excluding hydrogens is 210 g/mol. The molecule has 0 N–H and O–H groups in total. The summed E-state index contributed by atoms with van der Waals surface area (Å²) in [7, 11) is 1.96. The molecule has 0 saturated carbocycles. The molecule has 0 saturated heterocycles. The molecule has 1 aromatic rings. The lowest BCUT2D eigenvalue weighted by Gasteiger charge is -2.16. The smallest absolute Gasteiger partial charge is 0.130 e. The maximum atomic E-state index is 5.82. The molecule has 80 valence electrons. The Kier molecular flexibility index (Phi) is 3.86. The molecule has 0 aliphatic heterocycles. The molecule has 0 radical (unpaired) electrons. The number of aliphatic imine (C=N–C) groups is 1. The largest absolute Gasteiger partial charge is 0.360 e. The van der Waals surface area contributed by atoms with E-state index in [4.69, 9.17) is 11.6 Å². The molecule has 1 heterocycles. The SMILES string of the molecule is C=Nc1cc(N(C)CC)ncc1C(=C)Cl. The van der Waals surface area contributed by atoms with Gasteiger partial charge in [0.1, 0.15) is 5.82 Å². The Labute approximate surface area is 95.1 Å². The van der Waals surface area contributed by atoms with Gasteiger partial charge in [0.05, 0.1) is 5.69 Å². The molecule has 0 fully saturated rings. The molecule has 0 unspecified atom stereocenters. The van der Waals surface area contributed by atoms with Gasteiger partial charge in [-0.1, -0.05) is 18.2 Å². The Hall–Kier alpha value is -1.35. The zero-order valence-electron chi connectivity index (χ0n) is 9.00. The zero-order valence-corrected chi connectivity index (χ0v) is 9.75. The van der Waals surface area contributed by atoms with Crippen LogP contribution in [-0.4, -0.2) is 25.3 Å². The van der Waals surface area contributed by atoms with Crippen molar-refractivity contribution in [1.29, 1.82) is 0 Å². The normalized spacial score (nSPS) is 9.80. The lowest BCUT2D eigenvalue weighted by molar-refractivity contribution is 0.938. The van der Waals surface area contributed by atoms with E-state index in [2.05, 4.69) is 30.2 Å². The van der Waals surface area contributed by atoms with E-state index in [0.29, 0.717) is 10.7 Å². The van der Waals surface area contributed by atoms with Gasteiger partial charge in [0.25, 0.3) is 0 Å². The Bertz CT molecular complexity index is 387. The average Bonchev–Trinajstić information content (AvgIpc) is 2.26. The minimum atomic E-state index is 0.426. The first-order valence-electron chi connectivity index (χ1n) is 4.62. The number of rotatable bonds is 4. The van der Waals surface area contributed by atoms with Gasteiger partial charge in [-0.3, -0.25) is 4.99 Å². The Morgan fingerprint density at radius 1 is 1.67 bits per heavy atom. The van der Waals surface area contributed by atoms with Gasteiger partial charge in [-0.2, -0.15) is 0 Å². The van der Waals surface area contributed by atoms with Crippen LogP contribution in [-0.2, 0) is 0 Å². The summed E-state index contributed by atoms with van der Waals surface area (Å²) < 4.78 is 0. The summed E-state index contributed by atoms with van der Waals surface area (Å²) in [6, 6.07) is 1.85. The minimum Gasteiger partial charge on any atom is -0.360 e. The van der Waals surface area contributed by atoms with E-state index >= 15 is 0 Å². The van der Waals surface area contributed by atoms with Crippen LogP contribution in [0.1, 0.15) is 12.5 Å². The molecular formula is C11H14ClN3. The van der Waals surface area contributed by atoms with Crippen LogP contribution in [0.2, 0.25) is 0 Å². The fraction of sp³-hybridized carbons (Fsp3) is 0.273. The molecule has 0 aromatic carbocycles. The van der Waals surface area contributed by atoms with Crippen molar-refractivity contribution in [2.24, 2.45) is 4.99 Å². The molecule has 3 nitrogen and oxygen atoms in total. The van der Waals surface area contributed by atoms with Gasteiger partial charge >= 0.3 is 0 Å². The Morgan fingerprint density at radius 3 is 2.80 bits per heavy atom. The van der Waals surface area contributed by atoms with Gasteiger partial charge in [-0.15, -0.1) is 0 Å². The number of hydrogen-bond acceptors (Lipinski definition) is 3. The van der Waals surface area contributed by atoms with Crippen LogP contribution in [0.3, 0.4) is 0 Å². The molecule has 0 aliphatic rings. The maximum absolute atomic E-state index is 5.82. The third-order valence-electron chi connectivity index (χ3n) is 2.20. The second-order valence-electron chi connectivity index (χ2n) is 3.14. The van der Waals surface area contributed by atoms with E-state index in [1.807, 2.05) is 18.0 Å². The highest BCUT2D eigenvalue weighted by atomic mass is 35.5. The van der Waals surface area contributed by atoms with Crippen LogP contribution in [0.4, 0.5) is 11.5 Å². The van der Waals surface area contributed by atoms with Gasteiger partial charge < -0.3 is 4.90 Å². The molecule has 0 spiro atoms. The van der Waals surface area contributed by atoms with Gasteiger partial charge in [-0.25, -0.2) is 4.98 Å². The highest BCUT2D eigenvalue weighted by Crippen LogP contribution is 2.29. The van der Waals surface area contributed by atoms with Crippen molar-refractivity contribution in [3.63, 3.8) is 0 Å². The average molecular weight is 224 g/mol. The van der Waals surface area contributed by atoms with Crippen LogP contribution in [0.25, 0.3) is 5.03 Å². The van der Waals surface area contributed by atoms with Gasteiger partial charge in [0.2, 0.25) is 0 Å². The van der Waals surface area contributed by atoms with Crippen molar-refractivity contribution in [3.05, 3.63) is 24.4 Å². The predicted octanol–water partition coefficient (Wildman–Crippen LogP) is 3.08. The van der Waals surface area contributed by atoms with Crippen LogP contribution >= 0.6 is 11.6 Å². The predicted molar refractivity (Wildman–Crippen MR) is 67.3 cm³/mol. The van der Waals surface area contributed by atoms with Crippen molar-refractivity contribution in [1.82, 2.24) is 4.98 Å². The maximum Gasteiger partial charge on any atom is 0.130 e. The number of aromatic nitrogens is 1. The van der Waals surface area contributed by atoms with E-state index in [1.54, 1.807) is 6.20 Å². The third kappa shape index (κ3) is 2.57. The Balaban J connectivity index is 3.18. The monoisotopic (exact) mass is 223 g/mol. The summed E-state index contributed by atoms with van der Waals surface area (Å²) in [5.41, 5.74) is 1.43. The fourth-order valence-electron chi connectivity index (χ4n) is 1.14. The van der Waals surface area contributed by atoms with E-state index in [1.165, 1.54) is 0 Å². The number of hydrogen-bond donors (Lipinski definition) is 0. The van der Waals surface area contributed by atoms with Gasteiger partial charge in [0, 0.05) is 36.5 Å². The molecule has 0 amide bonds. The van der Waals surface area contributed by atoms with E-state index in [0.717, 1.165) is 17.9 Å². The summed E-state index contributed by atoms with van der Waals surface area (Å²) in [4.78, 5) is 10.2. The van der Waals surface area contributed by atoms with Crippen molar-refractivity contribution in [2.45, 2.75) is 6.92 Å². The second-order valence-corrected chi connectivity index (χ2v) is 3.59. The first-order chi connectivity index (χ1) is 7.10. The van der Waals surface area contributed by atoms with Gasteiger partial charge in [0.15, 0.2) is 0 Å². The van der Waals surface area contributed by atoms with Crippen LogP contribution in [0.15, 0.2) is 23.8 Å². The molecule has 0 atom stereocenters. The van der Waals surface area contributed by atoms with E-state index in [9.17, 15) is 0 Å². The van der Waals surface area contributed by atoms with Crippen LogP contribution < -0.4 is 4.90 Å². The van der Waals surface area contributed by atoms with Crippen molar-refractivity contribution in [3.8, 4) is 0 Å². The molecule has 0 bridgehead atoms. The number of nitrogens with zero attached hydrogens (tertiary/aromatic N) is 3. The highest BCUT2D eigenvalue weighted by Gasteiger charge is 2.07. The first-order valence-corrected chi connectivity index (χ1v) is 5.00. The van der Waals surface area contributed by atoms with E-state index < -0.39 is 0 Å². The first kappa shape index (κ1) is 11.7. The van der Waals surface area contributed by atoms with Crippen LogP contribution in [0, 0.1) is 0 Å². The van der Waals surface area contributed by atoms with E-state index in [-0.39, 0.29) is 0 Å². The zero-order chi connectivity index (χ0) is 11.4. The lowest BCUT2D eigenvalue weighted by atomic mass is 10.2. The number of halogens is 1. The molecule has 1 rings (SSSR count). The summed E-state index contributed by atoms with van der Waals surface area (Å²) in [5.74, 6) is 0.849. The molecule has 1 aromatic heterocycles. The third-order valence-corrected chi connectivity index (χ3v) is 2.40. The minimum absolute atomic E-state index is 0.426. The number of anilines is 1. The van der Waals surface area contributed by atoms with Crippen molar-refractivity contribution >= 4 is 34.9 Å². The van der Waals surface area contributed by atoms with Crippen molar-refractivity contribution in [2.75, 3.05) is 18.5 Å². The highest BCUT2D eigenvalue weighted by molar-refractivity contribution is 6.48. The summed E-state index contributed by atoms with van der Waals surface area (Å²) in [5, 5.41) is 0.426. The molecule has 15 heavy (non-hydrogen) atoms. The fourth-order valence-corrected chi connectivity index (χ4v) is 1.29. The summed E-state index contributed by atoms with van der Waals surface area (Å²) >= 11 is 5.82. The lowest BCUT2D eigenvalue weighted by Crippen LogP contribution is -2.16. The second kappa shape index (κ2) is 4.94. The van der Waals surface area contributed by atoms with Gasteiger partial charge in [-0.05, 0) is 13.6 Å². The standard InChI is InChI=1S/C11H14ClN3/c1-5-15(4)11-6-10(13-3)9(7-14-11)8(2)12/h6-7H,2-3,5H2,1,4H3. The Morgan fingerprint density at radius 2 is 2.33 bits per heavy atom.